The number of Topliss-reactive ketones (excluding diaryl/α,β-unsaturated/α-hetero) is 1. The van der Waals surface area contributed by atoms with Gasteiger partial charge in [0.05, 0.1) is 25.5 Å². The molecule has 2 aromatic rings. The highest BCUT2D eigenvalue weighted by Crippen LogP contribution is 2.18. The van der Waals surface area contributed by atoms with Crippen LogP contribution in [0.15, 0.2) is 12.3 Å². The number of aromatic amines is 1. The Balaban J connectivity index is 2.30. The van der Waals surface area contributed by atoms with Crippen molar-refractivity contribution in [2.45, 2.75) is 13.0 Å². The van der Waals surface area contributed by atoms with Crippen LogP contribution in [0, 0.1) is 5.82 Å². The first-order valence-corrected chi connectivity index (χ1v) is 6.12. The lowest BCUT2D eigenvalue weighted by atomic mass is 10.3. The predicted molar refractivity (Wildman–Crippen MR) is 71.2 cm³/mol. The molecule has 21 heavy (non-hydrogen) atoms. The molecule has 2 heterocycles. The molecule has 0 spiro atoms. The van der Waals surface area contributed by atoms with Gasteiger partial charge in [-0.25, -0.2) is 14.4 Å². The Labute approximate surface area is 119 Å². The number of ketones is 1. The van der Waals surface area contributed by atoms with Crippen LogP contribution in [-0.2, 0) is 0 Å². The highest BCUT2D eigenvalue weighted by molar-refractivity contribution is 5.92. The molecule has 0 aliphatic heterocycles. The molecule has 0 aromatic carbocycles. The molecular weight excluding hydrogens is 281 g/mol. The van der Waals surface area contributed by atoms with E-state index in [2.05, 4.69) is 25.5 Å². The molecule has 2 aromatic heterocycles. The van der Waals surface area contributed by atoms with E-state index >= 15 is 0 Å². The van der Waals surface area contributed by atoms with Crippen molar-refractivity contribution in [1.82, 2.24) is 20.2 Å². The van der Waals surface area contributed by atoms with Gasteiger partial charge >= 0.3 is 0 Å². The summed E-state index contributed by atoms with van der Waals surface area (Å²) in [6.45, 7) is 0.612. The van der Waals surface area contributed by atoms with E-state index in [0.717, 1.165) is 6.20 Å². The fraction of sp³-hybridized carbons (Fsp3) is 0.333. The maximum Gasteiger partial charge on any atom is 0.183 e. The quantitative estimate of drug-likeness (QED) is 0.552. The average molecular weight is 295 g/mol. The largest absolute Gasteiger partial charge is 0.394 e. The van der Waals surface area contributed by atoms with Gasteiger partial charge in [-0.3, -0.25) is 9.89 Å². The molecule has 8 nitrogen and oxygen atoms in total. The van der Waals surface area contributed by atoms with Gasteiger partial charge in [0, 0.05) is 6.92 Å². The number of carbonyl (C=O) groups excluding carboxylic acids is 1. The van der Waals surface area contributed by atoms with Gasteiger partial charge in [-0.05, 0) is 6.07 Å². The lowest BCUT2D eigenvalue weighted by molar-refractivity contribution is 0.101. The summed E-state index contributed by atoms with van der Waals surface area (Å²) in [7, 11) is 0. The van der Waals surface area contributed by atoms with E-state index in [9.17, 15) is 9.18 Å². The maximum absolute atomic E-state index is 13.6. The van der Waals surface area contributed by atoms with E-state index in [1.807, 2.05) is 0 Å². The number of aliphatic hydroxyl groups is 2. The zero-order valence-electron chi connectivity index (χ0n) is 11.2. The van der Waals surface area contributed by atoms with Crippen LogP contribution in [0.3, 0.4) is 0 Å². The maximum atomic E-state index is 13.6. The number of hydrogen-bond acceptors (Lipinski definition) is 7. The van der Waals surface area contributed by atoms with Crippen LogP contribution in [0.2, 0.25) is 0 Å². The molecule has 9 heteroatoms. The van der Waals surface area contributed by atoms with Gasteiger partial charge in [-0.1, -0.05) is 0 Å². The second kappa shape index (κ2) is 6.37. The standard InChI is InChI=1S/C12H14FN5O3/c1-6(21)9-2-10(18-17-9)12-14-3-8(13)11(16-12)15-7(4-19)5-20/h2-3,7,19-20H,4-5H2,1H3,(H,17,18)(H,14,15,16). The summed E-state index contributed by atoms with van der Waals surface area (Å²) in [6, 6.07) is 0.712. The van der Waals surface area contributed by atoms with Crippen LogP contribution in [0.25, 0.3) is 11.5 Å². The summed E-state index contributed by atoms with van der Waals surface area (Å²) in [6.07, 6.45) is 0.943. The van der Waals surface area contributed by atoms with Gasteiger partial charge < -0.3 is 15.5 Å². The summed E-state index contributed by atoms with van der Waals surface area (Å²) >= 11 is 0. The molecule has 0 radical (unpaired) electrons. The Kier molecular flexibility index (Phi) is 4.55. The third-order valence-corrected chi connectivity index (χ3v) is 2.71. The number of aromatic nitrogens is 4. The Morgan fingerprint density at radius 1 is 1.48 bits per heavy atom. The third kappa shape index (κ3) is 3.38. The van der Waals surface area contributed by atoms with Crippen LogP contribution in [0.1, 0.15) is 17.4 Å². The number of H-pyrrole nitrogens is 1. The van der Waals surface area contributed by atoms with Gasteiger partial charge in [0.25, 0.3) is 0 Å². The number of halogens is 1. The Morgan fingerprint density at radius 2 is 2.19 bits per heavy atom. The van der Waals surface area contributed by atoms with Crippen molar-refractivity contribution >= 4 is 11.6 Å². The van der Waals surface area contributed by atoms with Crippen molar-refractivity contribution in [1.29, 1.82) is 0 Å². The topological polar surface area (TPSA) is 124 Å². The molecule has 0 atom stereocenters. The van der Waals surface area contributed by atoms with Crippen LogP contribution >= 0.6 is 0 Å². The second-order valence-electron chi connectivity index (χ2n) is 4.32. The predicted octanol–water partition coefficient (Wildman–Crippen LogP) is -0.0265. The van der Waals surface area contributed by atoms with Crippen molar-refractivity contribution < 1.29 is 19.4 Å². The van der Waals surface area contributed by atoms with Gasteiger partial charge in [0.1, 0.15) is 11.4 Å². The van der Waals surface area contributed by atoms with Gasteiger partial charge in [0.2, 0.25) is 0 Å². The number of anilines is 1. The monoisotopic (exact) mass is 295 g/mol. The number of aliphatic hydroxyl groups excluding tert-OH is 2. The summed E-state index contributed by atoms with van der Waals surface area (Å²) in [5, 5.41) is 26.9. The van der Waals surface area contributed by atoms with Crippen LogP contribution in [0.5, 0.6) is 0 Å². The molecule has 2 rings (SSSR count). The Hall–Kier alpha value is -2.39. The van der Waals surface area contributed by atoms with Crippen LogP contribution in [0.4, 0.5) is 10.2 Å². The SMILES string of the molecule is CC(=O)c1cc(-c2ncc(F)c(NC(CO)CO)n2)n[nH]1. The fourth-order valence-corrected chi connectivity index (χ4v) is 1.55. The first kappa shape index (κ1) is 15.0. The van der Waals surface area contributed by atoms with Crippen molar-refractivity contribution in [2.24, 2.45) is 0 Å². The summed E-state index contributed by atoms with van der Waals surface area (Å²) < 4.78 is 13.6. The summed E-state index contributed by atoms with van der Waals surface area (Å²) in [5.74, 6) is -0.986. The minimum absolute atomic E-state index is 0.109. The zero-order chi connectivity index (χ0) is 15.4. The molecule has 0 fully saturated rings. The summed E-state index contributed by atoms with van der Waals surface area (Å²) in [5.41, 5.74) is 0.573. The fourth-order valence-electron chi connectivity index (χ4n) is 1.55. The van der Waals surface area contributed by atoms with E-state index in [4.69, 9.17) is 10.2 Å². The van der Waals surface area contributed by atoms with Crippen molar-refractivity contribution in [3.05, 3.63) is 23.8 Å². The van der Waals surface area contributed by atoms with E-state index < -0.39 is 11.9 Å². The van der Waals surface area contributed by atoms with Gasteiger partial charge in [-0.2, -0.15) is 5.10 Å². The number of nitrogens with zero attached hydrogens (tertiary/aromatic N) is 3. The molecule has 0 amide bonds. The highest BCUT2D eigenvalue weighted by Gasteiger charge is 2.15. The third-order valence-electron chi connectivity index (χ3n) is 2.71. The van der Waals surface area contributed by atoms with Crippen molar-refractivity contribution in [3.8, 4) is 11.5 Å². The van der Waals surface area contributed by atoms with Gasteiger partial charge in [0.15, 0.2) is 23.2 Å². The normalized spacial score (nSPS) is 10.9. The first-order chi connectivity index (χ1) is 10.0. The highest BCUT2D eigenvalue weighted by atomic mass is 19.1. The molecule has 0 saturated heterocycles. The molecule has 0 unspecified atom stereocenters. The molecule has 0 bridgehead atoms. The number of carbonyl (C=O) groups is 1. The number of rotatable bonds is 6. The summed E-state index contributed by atoms with van der Waals surface area (Å²) in [4.78, 5) is 18.9. The number of nitrogens with one attached hydrogen (secondary N) is 2. The van der Waals surface area contributed by atoms with E-state index in [-0.39, 0.29) is 42.0 Å². The first-order valence-electron chi connectivity index (χ1n) is 6.12. The van der Waals surface area contributed by atoms with E-state index in [0.29, 0.717) is 0 Å². The second-order valence-corrected chi connectivity index (χ2v) is 4.32. The van der Waals surface area contributed by atoms with Crippen molar-refractivity contribution in [2.75, 3.05) is 18.5 Å². The smallest absolute Gasteiger partial charge is 0.183 e. The lowest BCUT2D eigenvalue weighted by Crippen LogP contribution is -2.28. The van der Waals surface area contributed by atoms with Crippen LogP contribution in [-0.4, -0.2) is 55.4 Å². The minimum Gasteiger partial charge on any atom is -0.394 e. The zero-order valence-corrected chi connectivity index (χ0v) is 11.2. The lowest BCUT2D eigenvalue weighted by Gasteiger charge is -2.14. The van der Waals surface area contributed by atoms with E-state index in [1.54, 1.807) is 0 Å². The molecule has 0 aliphatic rings. The molecule has 0 aliphatic carbocycles. The molecular formula is C12H14FN5O3. The number of hydrogen-bond donors (Lipinski definition) is 4. The molecule has 0 saturated carbocycles. The minimum atomic E-state index is -0.741. The molecule has 112 valence electrons. The van der Waals surface area contributed by atoms with E-state index in [1.165, 1.54) is 13.0 Å². The van der Waals surface area contributed by atoms with Crippen molar-refractivity contribution in [3.63, 3.8) is 0 Å². The average Bonchev–Trinajstić information content (AvgIpc) is 2.96. The Morgan fingerprint density at radius 3 is 2.76 bits per heavy atom. The Bertz CT molecular complexity index is 642. The van der Waals surface area contributed by atoms with Gasteiger partial charge in [-0.15, -0.1) is 0 Å². The van der Waals surface area contributed by atoms with Crippen LogP contribution < -0.4 is 5.32 Å². The molecule has 4 N–H and O–H groups in total.